The van der Waals surface area contributed by atoms with Gasteiger partial charge in [-0.2, -0.15) is 0 Å². The number of anilines is 1. The molecule has 1 fully saturated rings. The molecule has 6 heteroatoms. The van der Waals surface area contributed by atoms with E-state index in [1.54, 1.807) is 13.0 Å². The molecule has 6 nitrogen and oxygen atoms in total. The monoisotopic (exact) mass is 342 g/mol. The Labute approximate surface area is 147 Å². The number of furan rings is 1. The van der Waals surface area contributed by atoms with E-state index < -0.39 is 5.97 Å². The highest BCUT2D eigenvalue weighted by Gasteiger charge is 2.19. The summed E-state index contributed by atoms with van der Waals surface area (Å²) < 4.78 is 10.2. The van der Waals surface area contributed by atoms with Crippen molar-refractivity contribution in [1.82, 2.24) is 4.90 Å². The van der Waals surface area contributed by atoms with Gasteiger partial charge in [-0.1, -0.05) is 0 Å². The van der Waals surface area contributed by atoms with Crippen molar-refractivity contribution in [3.05, 3.63) is 53.5 Å². The molecule has 1 aliphatic rings. The summed E-state index contributed by atoms with van der Waals surface area (Å²) in [4.78, 5) is 27.4. The topological polar surface area (TPSA) is 63.0 Å². The third kappa shape index (κ3) is 4.09. The predicted octanol–water partition coefficient (Wildman–Crippen LogP) is 2.59. The maximum atomic E-state index is 11.4. The van der Waals surface area contributed by atoms with Crippen LogP contribution in [0.4, 0.5) is 5.69 Å². The van der Waals surface area contributed by atoms with E-state index in [1.165, 1.54) is 7.11 Å². The highest BCUT2D eigenvalue weighted by molar-refractivity contribution is 5.94. The molecule has 0 radical (unpaired) electrons. The molecule has 2 aromatic rings. The first kappa shape index (κ1) is 17.2. The van der Waals surface area contributed by atoms with Crippen molar-refractivity contribution in [2.24, 2.45) is 0 Å². The predicted molar refractivity (Wildman–Crippen MR) is 94.0 cm³/mol. The van der Waals surface area contributed by atoms with Gasteiger partial charge in [0.1, 0.15) is 5.76 Å². The van der Waals surface area contributed by atoms with Gasteiger partial charge in [-0.3, -0.25) is 9.69 Å². The lowest BCUT2D eigenvalue weighted by atomic mass is 10.1. The summed E-state index contributed by atoms with van der Waals surface area (Å²) in [6, 6.07) is 11.2. The minimum absolute atomic E-state index is 0.0844. The number of methoxy groups -OCH3 is 1. The number of carbonyl (C=O) groups excluding carboxylic acids is 2. The van der Waals surface area contributed by atoms with Crippen LogP contribution in [0.1, 0.15) is 33.6 Å². The molecule has 0 N–H and O–H groups in total. The molecule has 132 valence electrons. The highest BCUT2D eigenvalue weighted by Crippen LogP contribution is 2.19. The van der Waals surface area contributed by atoms with E-state index in [2.05, 4.69) is 14.5 Å². The summed E-state index contributed by atoms with van der Waals surface area (Å²) in [5.74, 6) is 0.632. The molecule has 25 heavy (non-hydrogen) atoms. The Morgan fingerprint density at radius 2 is 1.72 bits per heavy atom. The third-order valence-corrected chi connectivity index (χ3v) is 4.44. The average molecular weight is 342 g/mol. The Hall–Kier alpha value is -2.60. The van der Waals surface area contributed by atoms with Gasteiger partial charge in [-0.05, 0) is 43.3 Å². The molecule has 0 aliphatic carbocycles. The zero-order valence-electron chi connectivity index (χ0n) is 14.5. The summed E-state index contributed by atoms with van der Waals surface area (Å²) >= 11 is 0. The lowest BCUT2D eigenvalue weighted by Crippen LogP contribution is -2.45. The van der Waals surface area contributed by atoms with Crippen molar-refractivity contribution in [3.63, 3.8) is 0 Å². The van der Waals surface area contributed by atoms with Crippen molar-refractivity contribution in [2.75, 3.05) is 38.2 Å². The largest absolute Gasteiger partial charge is 0.463 e. The highest BCUT2D eigenvalue weighted by atomic mass is 16.5. The quantitative estimate of drug-likeness (QED) is 0.615. The molecular formula is C19H22N2O4. The smallest absolute Gasteiger partial charge is 0.373 e. The summed E-state index contributed by atoms with van der Waals surface area (Å²) in [6.45, 7) is 5.88. The summed E-state index contributed by atoms with van der Waals surface area (Å²) in [6.07, 6.45) is 0. The number of benzene rings is 1. The molecule has 0 bridgehead atoms. The second-order valence-electron chi connectivity index (χ2n) is 6.12. The van der Waals surface area contributed by atoms with Crippen LogP contribution in [0.3, 0.4) is 0 Å². The fourth-order valence-electron chi connectivity index (χ4n) is 2.96. The molecule has 1 aromatic heterocycles. The number of ether oxygens (including phenoxy) is 1. The third-order valence-electron chi connectivity index (χ3n) is 4.44. The first-order chi connectivity index (χ1) is 12.1. The summed E-state index contributed by atoms with van der Waals surface area (Å²) in [5, 5.41) is 0. The fraction of sp³-hybridized carbons (Fsp3) is 0.368. The van der Waals surface area contributed by atoms with Gasteiger partial charge in [0, 0.05) is 37.4 Å². The van der Waals surface area contributed by atoms with E-state index in [0.29, 0.717) is 6.54 Å². The Morgan fingerprint density at radius 3 is 2.32 bits per heavy atom. The maximum Gasteiger partial charge on any atom is 0.373 e. The van der Waals surface area contributed by atoms with Gasteiger partial charge in [0.25, 0.3) is 0 Å². The number of esters is 1. The maximum absolute atomic E-state index is 11.4. The molecule has 0 amide bonds. The minimum Gasteiger partial charge on any atom is -0.463 e. The van der Waals surface area contributed by atoms with E-state index in [0.717, 1.165) is 43.2 Å². The standard InChI is InChI=1S/C19H22N2O4/c1-14(22)15-3-5-16(6-4-15)21-11-9-20(10-12-21)13-17-7-8-18(25-17)19(23)24-2/h3-8H,9-13H2,1-2H3. The van der Waals surface area contributed by atoms with Crippen molar-refractivity contribution < 1.29 is 18.7 Å². The number of rotatable bonds is 5. The van der Waals surface area contributed by atoms with E-state index in [4.69, 9.17) is 4.42 Å². The number of hydrogen-bond donors (Lipinski definition) is 0. The van der Waals surface area contributed by atoms with Gasteiger partial charge < -0.3 is 14.1 Å². The van der Waals surface area contributed by atoms with Crippen LogP contribution in [0.25, 0.3) is 0 Å². The van der Waals surface area contributed by atoms with Gasteiger partial charge in [0.15, 0.2) is 5.78 Å². The number of nitrogens with zero attached hydrogens (tertiary/aromatic N) is 2. The Bertz CT molecular complexity index is 743. The van der Waals surface area contributed by atoms with Gasteiger partial charge in [-0.25, -0.2) is 4.79 Å². The van der Waals surface area contributed by atoms with Crippen molar-refractivity contribution in [1.29, 1.82) is 0 Å². The zero-order chi connectivity index (χ0) is 17.8. The first-order valence-electron chi connectivity index (χ1n) is 8.32. The van der Waals surface area contributed by atoms with E-state index >= 15 is 0 Å². The molecule has 1 saturated heterocycles. The average Bonchev–Trinajstić information content (AvgIpc) is 3.10. The Morgan fingerprint density at radius 1 is 1.04 bits per heavy atom. The second-order valence-corrected chi connectivity index (χ2v) is 6.12. The molecule has 3 rings (SSSR count). The van der Waals surface area contributed by atoms with Crippen LogP contribution in [-0.2, 0) is 11.3 Å². The van der Waals surface area contributed by atoms with Crippen LogP contribution < -0.4 is 4.90 Å². The summed E-state index contributed by atoms with van der Waals surface area (Å²) in [5.41, 5.74) is 1.87. The Balaban J connectivity index is 1.54. The molecule has 0 saturated carbocycles. The number of ketones is 1. The molecular weight excluding hydrogens is 320 g/mol. The van der Waals surface area contributed by atoms with Gasteiger partial charge in [0.05, 0.1) is 13.7 Å². The van der Waals surface area contributed by atoms with Crippen molar-refractivity contribution in [2.45, 2.75) is 13.5 Å². The zero-order valence-corrected chi connectivity index (χ0v) is 14.5. The summed E-state index contributed by atoms with van der Waals surface area (Å²) in [7, 11) is 1.34. The molecule has 0 spiro atoms. The first-order valence-corrected chi connectivity index (χ1v) is 8.32. The number of carbonyl (C=O) groups is 2. The molecule has 1 aliphatic heterocycles. The van der Waals surface area contributed by atoms with Crippen LogP contribution in [0.2, 0.25) is 0 Å². The fourth-order valence-corrected chi connectivity index (χ4v) is 2.96. The lowest BCUT2D eigenvalue weighted by Gasteiger charge is -2.35. The van der Waals surface area contributed by atoms with Crippen LogP contribution in [-0.4, -0.2) is 49.9 Å². The van der Waals surface area contributed by atoms with Crippen LogP contribution in [0.15, 0.2) is 40.8 Å². The van der Waals surface area contributed by atoms with Crippen LogP contribution in [0.5, 0.6) is 0 Å². The normalized spacial score (nSPS) is 15.2. The number of piperazine rings is 1. The number of Topliss-reactive ketones (excluding diaryl/α,β-unsaturated/α-hetero) is 1. The van der Waals surface area contributed by atoms with Crippen molar-refractivity contribution in [3.8, 4) is 0 Å². The molecule has 2 heterocycles. The van der Waals surface area contributed by atoms with Gasteiger partial charge in [0.2, 0.25) is 5.76 Å². The van der Waals surface area contributed by atoms with E-state index in [-0.39, 0.29) is 11.5 Å². The minimum atomic E-state index is -0.454. The molecule has 1 aromatic carbocycles. The van der Waals surface area contributed by atoms with E-state index in [1.807, 2.05) is 30.3 Å². The molecule has 0 atom stereocenters. The van der Waals surface area contributed by atoms with Crippen LogP contribution in [0, 0.1) is 0 Å². The van der Waals surface area contributed by atoms with Crippen LogP contribution >= 0.6 is 0 Å². The van der Waals surface area contributed by atoms with Gasteiger partial charge in [-0.15, -0.1) is 0 Å². The lowest BCUT2D eigenvalue weighted by molar-refractivity contribution is 0.0561. The van der Waals surface area contributed by atoms with Gasteiger partial charge >= 0.3 is 5.97 Å². The Kier molecular flexibility index (Phi) is 5.19. The number of hydrogen-bond acceptors (Lipinski definition) is 6. The van der Waals surface area contributed by atoms with Crippen molar-refractivity contribution >= 4 is 17.4 Å². The second kappa shape index (κ2) is 7.53. The molecule has 0 unspecified atom stereocenters. The van der Waals surface area contributed by atoms with E-state index in [9.17, 15) is 9.59 Å². The SMILES string of the molecule is COC(=O)c1ccc(CN2CCN(c3ccc(C(C)=O)cc3)CC2)o1.